The Bertz CT molecular complexity index is 578. The molecule has 1 aromatic heterocycles. The van der Waals surface area contributed by atoms with Crippen LogP contribution in [0, 0.1) is 13.8 Å². The highest BCUT2D eigenvalue weighted by Crippen LogP contribution is 2.15. The molecule has 0 bridgehead atoms. The topological polar surface area (TPSA) is 68.0 Å². The summed E-state index contributed by atoms with van der Waals surface area (Å²) in [4.78, 5) is 16.1. The van der Waals surface area contributed by atoms with Gasteiger partial charge in [-0.1, -0.05) is 29.8 Å². The Morgan fingerprint density at radius 2 is 1.89 bits per heavy atom. The van der Waals surface area contributed by atoms with Crippen molar-refractivity contribution in [1.82, 2.24) is 4.98 Å². The lowest BCUT2D eigenvalue weighted by atomic mass is 10.1. The summed E-state index contributed by atoms with van der Waals surface area (Å²) in [5.74, 6) is -0.227. The van der Waals surface area contributed by atoms with Crippen LogP contribution in [0.15, 0.2) is 42.6 Å². The number of aromatic nitrogens is 1. The highest BCUT2D eigenvalue weighted by Gasteiger charge is 2.15. The first-order valence-corrected chi connectivity index (χ1v) is 6.12. The minimum Gasteiger partial charge on any atom is -0.324 e. The smallest absolute Gasteiger partial charge is 0.245 e. The van der Waals surface area contributed by atoms with Crippen LogP contribution in [0.3, 0.4) is 0 Å². The number of rotatable bonds is 3. The van der Waals surface area contributed by atoms with Gasteiger partial charge in [-0.2, -0.15) is 0 Å². The third kappa shape index (κ3) is 3.39. The van der Waals surface area contributed by atoms with Gasteiger partial charge in [0.2, 0.25) is 5.91 Å². The summed E-state index contributed by atoms with van der Waals surface area (Å²) in [6.07, 6.45) is 1.66. The Labute approximate surface area is 112 Å². The molecule has 2 aromatic rings. The maximum absolute atomic E-state index is 12.1. The molecule has 19 heavy (non-hydrogen) atoms. The van der Waals surface area contributed by atoms with E-state index in [9.17, 15) is 4.79 Å². The van der Waals surface area contributed by atoms with E-state index in [1.165, 1.54) is 0 Å². The highest BCUT2D eigenvalue weighted by molar-refractivity contribution is 5.95. The molecule has 0 aliphatic rings. The number of carbonyl (C=O) groups is 1. The van der Waals surface area contributed by atoms with Gasteiger partial charge in [0.25, 0.3) is 0 Å². The molecule has 4 nitrogen and oxygen atoms in total. The van der Waals surface area contributed by atoms with Gasteiger partial charge in [-0.25, -0.2) is 0 Å². The van der Waals surface area contributed by atoms with Gasteiger partial charge in [0.15, 0.2) is 0 Å². The van der Waals surface area contributed by atoms with Gasteiger partial charge in [0, 0.05) is 17.6 Å². The summed E-state index contributed by atoms with van der Waals surface area (Å²) in [6.45, 7) is 3.87. The Morgan fingerprint density at radius 1 is 1.21 bits per heavy atom. The van der Waals surface area contributed by atoms with Crippen LogP contribution in [0.1, 0.15) is 22.9 Å². The summed E-state index contributed by atoms with van der Waals surface area (Å²) < 4.78 is 0. The minimum atomic E-state index is -0.672. The minimum absolute atomic E-state index is 0.227. The van der Waals surface area contributed by atoms with Gasteiger partial charge < -0.3 is 11.1 Å². The molecule has 1 atom stereocenters. The zero-order valence-electron chi connectivity index (χ0n) is 11.1. The van der Waals surface area contributed by atoms with E-state index in [1.807, 2.05) is 38.1 Å². The number of pyridine rings is 1. The fraction of sp³-hybridized carbons (Fsp3) is 0.200. The Kier molecular flexibility index (Phi) is 3.92. The fourth-order valence-electron chi connectivity index (χ4n) is 1.77. The number of amides is 1. The van der Waals surface area contributed by atoms with Crippen molar-refractivity contribution in [3.8, 4) is 0 Å². The first-order valence-electron chi connectivity index (χ1n) is 6.12. The zero-order valence-corrected chi connectivity index (χ0v) is 11.1. The molecule has 0 fully saturated rings. The van der Waals surface area contributed by atoms with Crippen molar-refractivity contribution in [2.45, 2.75) is 19.9 Å². The predicted octanol–water partition coefficient (Wildman–Crippen LogP) is 2.34. The number of hydrogen-bond acceptors (Lipinski definition) is 3. The molecule has 2 rings (SSSR count). The van der Waals surface area contributed by atoms with Gasteiger partial charge >= 0.3 is 0 Å². The van der Waals surface area contributed by atoms with Crippen LogP contribution in [0.4, 0.5) is 5.69 Å². The molecule has 1 aromatic carbocycles. The number of benzene rings is 1. The van der Waals surface area contributed by atoms with E-state index >= 15 is 0 Å². The number of nitrogens with two attached hydrogens (primary N) is 1. The second-order valence-corrected chi connectivity index (χ2v) is 4.56. The quantitative estimate of drug-likeness (QED) is 0.884. The lowest BCUT2D eigenvalue weighted by Gasteiger charge is -2.13. The number of hydrogen-bond donors (Lipinski definition) is 2. The molecule has 1 heterocycles. The summed E-state index contributed by atoms with van der Waals surface area (Å²) in [5, 5.41) is 2.79. The standard InChI is InChI=1S/C15H17N3O/c1-10-3-5-12(6-4-10)14(16)15(19)18-13-7-8-17-11(2)9-13/h3-9,14H,16H2,1-2H3,(H,17,18,19). The lowest BCUT2D eigenvalue weighted by molar-refractivity contribution is -0.117. The van der Waals surface area contributed by atoms with Crippen LogP contribution in [0.2, 0.25) is 0 Å². The molecule has 98 valence electrons. The lowest BCUT2D eigenvalue weighted by Crippen LogP contribution is -2.27. The van der Waals surface area contributed by atoms with Crippen molar-refractivity contribution in [2.75, 3.05) is 5.32 Å². The van der Waals surface area contributed by atoms with Gasteiger partial charge in [0.05, 0.1) is 0 Å². The molecule has 3 N–H and O–H groups in total. The summed E-state index contributed by atoms with van der Waals surface area (Å²) in [6, 6.07) is 10.5. The molecule has 1 unspecified atom stereocenters. The maximum Gasteiger partial charge on any atom is 0.245 e. The molecule has 0 saturated carbocycles. The summed E-state index contributed by atoms with van der Waals surface area (Å²) >= 11 is 0. The van der Waals surface area contributed by atoms with E-state index in [4.69, 9.17) is 5.73 Å². The van der Waals surface area contributed by atoms with Crippen LogP contribution in [0.25, 0.3) is 0 Å². The summed E-state index contributed by atoms with van der Waals surface area (Å²) in [5.41, 5.74) is 9.44. The predicted molar refractivity (Wildman–Crippen MR) is 75.7 cm³/mol. The van der Waals surface area contributed by atoms with Gasteiger partial charge in [-0.3, -0.25) is 9.78 Å². The molecular formula is C15H17N3O. The number of anilines is 1. The second-order valence-electron chi connectivity index (χ2n) is 4.56. The van der Waals surface area contributed by atoms with Crippen LogP contribution < -0.4 is 11.1 Å². The van der Waals surface area contributed by atoms with Crippen LogP contribution in [-0.4, -0.2) is 10.9 Å². The Balaban J connectivity index is 2.09. The monoisotopic (exact) mass is 255 g/mol. The SMILES string of the molecule is Cc1ccc(C(N)C(=O)Nc2ccnc(C)c2)cc1. The first kappa shape index (κ1) is 13.2. The van der Waals surface area contributed by atoms with E-state index in [2.05, 4.69) is 10.3 Å². The number of nitrogens with zero attached hydrogens (tertiary/aromatic N) is 1. The fourth-order valence-corrected chi connectivity index (χ4v) is 1.77. The van der Waals surface area contributed by atoms with Gasteiger partial charge in [-0.05, 0) is 31.5 Å². The molecule has 1 amide bonds. The van der Waals surface area contributed by atoms with Crippen molar-refractivity contribution >= 4 is 11.6 Å². The first-order chi connectivity index (χ1) is 9.06. The Hall–Kier alpha value is -2.20. The molecule has 0 saturated heterocycles. The second kappa shape index (κ2) is 5.63. The largest absolute Gasteiger partial charge is 0.324 e. The van der Waals surface area contributed by atoms with Crippen LogP contribution >= 0.6 is 0 Å². The van der Waals surface area contributed by atoms with Gasteiger partial charge in [-0.15, -0.1) is 0 Å². The van der Waals surface area contributed by atoms with Crippen LogP contribution in [0.5, 0.6) is 0 Å². The Morgan fingerprint density at radius 3 is 2.53 bits per heavy atom. The van der Waals surface area contributed by atoms with Crippen LogP contribution in [-0.2, 0) is 4.79 Å². The molecule has 0 radical (unpaired) electrons. The van der Waals surface area contributed by atoms with Crippen molar-refractivity contribution in [2.24, 2.45) is 5.73 Å². The van der Waals surface area contributed by atoms with E-state index < -0.39 is 6.04 Å². The summed E-state index contributed by atoms with van der Waals surface area (Å²) in [7, 11) is 0. The third-order valence-electron chi connectivity index (χ3n) is 2.88. The number of aryl methyl sites for hydroxylation is 2. The van der Waals surface area contributed by atoms with E-state index in [-0.39, 0.29) is 5.91 Å². The van der Waals surface area contributed by atoms with Crippen molar-refractivity contribution < 1.29 is 4.79 Å². The van der Waals surface area contributed by atoms with Crippen molar-refractivity contribution in [3.63, 3.8) is 0 Å². The molecule has 0 spiro atoms. The van der Waals surface area contributed by atoms with Crippen molar-refractivity contribution in [3.05, 3.63) is 59.4 Å². The number of nitrogens with one attached hydrogen (secondary N) is 1. The molecule has 0 aliphatic carbocycles. The van der Waals surface area contributed by atoms with E-state index in [0.717, 1.165) is 16.8 Å². The van der Waals surface area contributed by atoms with Crippen molar-refractivity contribution in [1.29, 1.82) is 0 Å². The van der Waals surface area contributed by atoms with E-state index in [0.29, 0.717) is 5.69 Å². The van der Waals surface area contributed by atoms with E-state index in [1.54, 1.807) is 18.3 Å². The average molecular weight is 255 g/mol. The third-order valence-corrected chi connectivity index (χ3v) is 2.88. The zero-order chi connectivity index (χ0) is 13.8. The molecular weight excluding hydrogens is 238 g/mol. The normalized spacial score (nSPS) is 11.9. The number of carbonyl (C=O) groups excluding carboxylic acids is 1. The van der Waals surface area contributed by atoms with Gasteiger partial charge in [0.1, 0.15) is 6.04 Å². The molecule has 0 aliphatic heterocycles. The maximum atomic E-state index is 12.1. The average Bonchev–Trinajstić information content (AvgIpc) is 2.39. The molecule has 4 heteroatoms. The highest BCUT2D eigenvalue weighted by atomic mass is 16.2.